The lowest BCUT2D eigenvalue weighted by atomic mass is 10.2. The van der Waals surface area contributed by atoms with Gasteiger partial charge in [-0.2, -0.15) is 0 Å². The molecule has 1 aliphatic carbocycles. The standard InChI is InChI=1S/C11H18N4O/c1-2-9-14-10(5-11(16)15-9)13-8(6-12)7-3-4-7/h5,7-8H,2-4,6,12H2,1H3,(H2,13,14,15,16). The van der Waals surface area contributed by atoms with E-state index in [2.05, 4.69) is 15.3 Å². The molecule has 5 heteroatoms. The van der Waals surface area contributed by atoms with Gasteiger partial charge in [-0.15, -0.1) is 0 Å². The third-order valence-electron chi connectivity index (χ3n) is 2.90. The van der Waals surface area contributed by atoms with Crippen LogP contribution in [0.3, 0.4) is 0 Å². The van der Waals surface area contributed by atoms with Crippen molar-refractivity contribution in [1.29, 1.82) is 0 Å². The number of nitrogens with one attached hydrogen (secondary N) is 2. The lowest BCUT2D eigenvalue weighted by Gasteiger charge is -2.16. The zero-order valence-corrected chi connectivity index (χ0v) is 9.49. The molecule has 1 fully saturated rings. The van der Waals surface area contributed by atoms with E-state index < -0.39 is 0 Å². The Balaban J connectivity index is 2.13. The molecule has 1 heterocycles. The van der Waals surface area contributed by atoms with E-state index in [1.165, 1.54) is 18.9 Å². The van der Waals surface area contributed by atoms with E-state index in [1.54, 1.807) is 0 Å². The van der Waals surface area contributed by atoms with Crippen molar-refractivity contribution in [1.82, 2.24) is 9.97 Å². The zero-order valence-electron chi connectivity index (χ0n) is 9.49. The van der Waals surface area contributed by atoms with Crippen molar-refractivity contribution < 1.29 is 0 Å². The normalized spacial score (nSPS) is 17.1. The summed E-state index contributed by atoms with van der Waals surface area (Å²) in [7, 11) is 0. The number of nitrogens with zero attached hydrogens (tertiary/aromatic N) is 1. The fourth-order valence-electron chi connectivity index (χ4n) is 1.81. The third kappa shape index (κ3) is 2.61. The third-order valence-corrected chi connectivity index (χ3v) is 2.90. The summed E-state index contributed by atoms with van der Waals surface area (Å²) in [5.41, 5.74) is 5.58. The van der Waals surface area contributed by atoms with E-state index >= 15 is 0 Å². The maximum atomic E-state index is 11.4. The van der Waals surface area contributed by atoms with E-state index in [4.69, 9.17) is 5.73 Å². The molecule has 5 nitrogen and oxygen atoms in total. The van der Waals surface area contributed by atoms with Gasteiger partial charge >= 0.3 is 0 Å². The zero-order chi connectivity index (χ0) is 11.5. The molecule has 1 aliphatic rings. The number of anilines is 1. The van der Waals surface area contributed by atoms with E-state index in [9.17, 15) is 4.79 Å². The Morgan fingerprint density at radius 1 is 1.69 bits per heavy atom. The quantitative estimate of drug-likeness (QED) is 0.676. The van der Waals surface area contributed by atoms with Crippen LogP contribution in [0.2, 0.25) is 0 Å². The SMILES string of the molecule is CCc1nc(NC(CN)C2CC2)cc(=O)[nH]1. The summed E-state index contributed by atoms with van der Waals surface area (Å²) in [4.78, 5) is 18.4. The summed E-state index contributed by atoms with van der Waals surface area (Å²) in [6.45, 7) is 2.55. The van der Waals surface area contributed by atoms with Crippen LogP contribution in [0.15, 0.2) is 10.9 Å². The lowest BCUT2D eigenvalue weighted by Crippen LogP contribution is -2.32. The minimum Gasteiger partial charge on any atom is -0.366 e. The molecule has 4 N–H and O–H groups in total. The van der Waals surface area contributed by atoms with Gasteiger partial charge in [0.15, 0.2) is 0 Å². The first-order valence-electron chi connectivity index (χ1n) is 5.79. The maximum absolute atomic E-state index is 11.4. The van der Waals surface area contributed by atoms with Gasteiger partial charge in [0.05, 0.1) is 0 Å². The molecule has 0 spiro atoms. The molecule has 88 valence electrons. The first-order chi connectivity index (χ1) is 7.72. The van der Waals surface area contributed by atoms with Crippen molar-refractivity contribution in [3.8, 4) is 0 Å². The van der Waals surface area contributed by atoms with E-state index in [1.807, 2.05) is 6.92 Å². The lowest BCUT2D eigenvalue weighted by molar-refractivity contribution is 0.641. The summed E-state index contributed by atoms with van der Waals surface area (Å²) < 4.78 is 0. The van der Waals surface area contributed by atoms with Crippen molar-refractivity contribution in [2.45, 2.75) is 32.2 Å². The monoisotopic (exact) mass is 222 g/mol. The van der Waals surface area contributed by atoms with Gasteiger partial charge in [0.2, 0.25) is 0 Å². The summed E-state index contributed by atoms with van der Waals surface area (Å²) in [5.74, 6) is 2.00. The van der Waals surface area contributed by atoms with Crippen LogP contribution in [0.4, 0.5) is 5.82 Å². The Morgan fingerprint density at radius 3 is 3.00 bits per heavy atom. The van der Waals surface area contributed by atoms with Crippen molar-refractivity contribution >= 4 is 5.82 Å². The van der Waals surface area contributed by atoms with Crippen LogP contribution in [0.1, 0.15) is 25.6 Å². The van der Waals surface area contributed by atoms with Crippen LogP contribution in [-0.2, 0) is 6.42 Å². The molecule has 0 aliphatic heterocycles. The fraction of sp³-hybridized carbons (Fsp3) is 0.636. The van der Waals surface area contributed by atoms with Crippen LogP contribution in [0, 0.1) is 5.92 Å². The molecular weight excluding hydrogens is 204 g/mol. The Labute approximate surface area is 94.5 Å². The Kier molecular flexibility index (Phi) is 3.24. The highest BCUT2D eigenvalue weighted by Gasteiger charge is 2.30. The molecule has 0 radical (unpaired) electrons. The van der Waals surface area contributed by atoms with Crippen molar-refractivity contribution in [3.05, 3.63) is 22.2 Å². The molecule has 16 heavy (non-hydrogen) atoms. The second-order valence-corrected chi connectivity index (χ2v) is 4.25. The highest BCUT2D eigenvalue weighted by Crippen LogP contribution is 2.33. The number of aryl methyl sites for hydroxylation is 1. The molecule has 1 unspecified atom stereocenters. The summed E-state index contributed by atoms with van der Waals surface area (Å²) in [6, 6.07) is 1.74. The molecule has 1 aromatic rings. The van der Waals surface area contributed by atoms with Gasteiger partial charge in [0, 0.05) is 25.1 Å². The molecule has 0 saturated heterocycles. The number of H-pyrrole nitrogens is 1. The van der Waals surface area contributed by atoms with Crippen LogP contribution < -0.4 is 16.6 Å². The Hall–Kier alpha value is -1.36. The maximum Gasteiger partial charge on any atom is 0.252 e. The van der Waals surface area contributed by atoms with E-state index in [0.29, 0.717) is 24.1 Å². The van der Waals surface area contributed by atoms with Gasteiger partial charge in [0.25, 0.3) is 5.56 Å². The van der Waals surface area contributed by atoms with Gasteiger partial charge in [-0.25, -0.2) is 4.98 Å². The number of hydrogen-bond acceptors (Lipinski definition) is 4. The first-order valence-corrected chi connectivity index (χ1v) is 5.79. The van der Waals surface area contributed by atoms with Crippen LogP contribution in [0.25, 0.3) is 0 Å². The minimum absolute atomic E-state index is 0.110. The average Bonchev–Trinajstić information content (AvgIpc) is 3.09. The van der Waals surface area contributed by atoms with Crippen molar-refractivity contribution in [3.63, 3.8) is 0 Å². The number of hydrogen-bond donors (Lipinski definition) is 3. The molecule has 1 saturated carbocycles. The Morgan fingerprint density at radius 2 is 2.44 bits per heavy atom. The number of nitrogens with two attached hydrogens (primary N) is 1. The number of aromatic nitrogens is 2. The largest absolute Gasteiger partial charge is 0.366 e. The van der Waals surface area contributed by atoms with Gasteiger partial charge in [-0.05, 0) is 18.8 Å². The molecule has 0 amide bonds. The van der Waals surface area contributed by atoms with Crippen LogP contribution in [0.5, 0.6) is 0 Å². The molecule has 0 bridgehead atoms. The molecule has 1 aromatic heterocycles. The average molecular weight is 222 g/mol. The predicted octanol–water partition coefficient (Wildman–Crippen LogP) is 0.481. The Bertz CT molecular complexity index is 411. The van der Waals surface area contributed by atoms with Crippen molar-refractivity contribution in [2.75, 3.05) is 11.9 Å². The van der Waals surface area contributed by atoms with Gasteiger partial charge < -0.3 is 16.0 Å². The molecular formula is C11H18N4O. The summed E-state index contributed by atoms with van der Waals surface area (Å²) in [6.07, 6.45) is 3.17. The van der Waals surface area contributed by atoms with Crippen LogP contribution >= 0.6 is 0 Å². The molecule has 0 aromatic carbocycles. The van der Waals surface area contributed by atoms with Gasteiger partial charge in [-0.1, -0.05) is 6.92 Å². The molecule has 2 rings (SSSR count). The van der Waals surface area contributed by atoms with Crippen LogP contribution in [-0.4, -0.2) is 22.6 Å². The smallest absolute Gasteiger partial charge is 0.252 e. The first kappa shape index (κ1) is 11.1. The van der Waals surface area contributed by atoms with E-state index in [0.717, 1.165) is 6.42 Å². The molecule has 1 atom stereocenters. The summed E-state index contributed by atoms with van der Waals surface area (Å²) in [5, 5.41) is 3.25. The second-order valence-electron chi connectivity index (χ2n) is 4.25. The highest BCUT2D eigenvalue weighted by atomic mass is 16.1. The number of aromatic amines is 1. The number of rotatable bonds is 5. The minimum atomic E-state index is -0.110. The van der Waals surface area contributed by atoms with Gasteiger partial charge in [0.1, 0.15) is 11.6 Å². The van der Waals surface area contributed by atoms with Crippen molar-refractivity contribution in [2.24, 2.45) is 11.7 Å². The second kappa shape index (κ2) is 4.65. The van der Waals surface area contributed by atoms with Gasteiger partial charge in [-0.3, -0.25) is 4.79 Å². The van der Waals surface area contributed by atoms with E-state index in [-0.39, 0.29) is 11.6 Å². The highest BCUT2D eigenvalue weighted by molar-refractivity contribution is 5.35. The topological polar surface area (TPSA) is 83.8 Å². The predicted molar refractivity (Wildman–Crippen MR) is 63.4 cm³/mol. The summed E-state index contributed by atoms with van der Waals surface area (Å²) >= 11 is 0. The fourth-order valence-corrected chi connectivity index (χ4v) is 1.81.